The minimum Gasteiger partial charge on any atom is -0.455 e. The lowest BCUT2D eigenvalue weighted by Crippen LogP contribution is -2.05. The third-order valence-corrected chi connectivity index (χ3v) is 12.0. The molecular weight excluding hydrogens is 717 g/mol. The van der Waals surface area contributed by atoms with Gasteiger partial charge in [-0.3, -0.25) is 5.41 Å². The molecule has 0 saturated carbocycles. The van der Waals surface area contributed by atoms with E-state index in [4.69, 9.17) is 19.8 Å². The SMILES string of the molecule is N=C(/N=C(\N=C\c1ccccc1)c1cccc2c1oc1c(-c3cccc4c3sc3cc(-n5c6ccccc6c6ccccc65)ccc34)cccc12)c1ccccc1. The fourth-order valence-electron chi connectivity index (χ4n) is 8.15. The van der Waals surface area contributed by atoms with Gasteiger partial charge in [0, 0.05) is 70.3 Å². The zero-order valence-corrected chi connectivity index (χ0v) is 31.4. The van der Waals surface area contributed by atoms with Gasteiger partial charge in [-0.2, -0.15) is 0 Å². The molecule has 11 rings (SSSR count). The van der Waals surface area contributed by atoms with Gasteiger partial charge >= 0.3 is 0 Å². The summed E-state index contributed by atoms with van der Waals surface area (Å²) in [6.07, 6.45) is 1.79. The summed E-state index contributed by atoms with van der Waals surface area (Å²) < 4.78 is 11.8. The van der Waals surface area contributed by atoms with E-state index in [1.165, 1.54) is 42.0 Å². The van der Waals surface area contributed by atoms with Gasteiger partial charge in [-0.15, -0.1) is 11.3 Å². The van der Waals surface area contributed by atoms with Crippen LogP contribution >= 0.6 is 11.3 Å². The van der Waals surface area contributed by atoms with Gasteiger partial charge in [0.15, 0.2) is 11.7 Å². The van der Waals surface area contributed by atoms with Gasteiger partial charge in [0.1, 0.15) is 11.2 Å². The smallest absolute Gasteiger partial charge is 0.165 e. The highest BCUT2D eigenvalue weighted by atomic mass is 32.1. The summed E-state index contributed by atoms with van der Waals surface area (Å²) >= 11 is 1.82. The van der Waals surface area contributed by atoms with Crippen LogP contribution < -0.4 is 0 Å². The summed E-state index contributed by atoms with van der Waals surface area (Å²) in [5, 5.41) is 15.9. The minimum absolute atomic E-state index is 0.127. The Labute approximate surface area is 331 Å². The summed E-state index contributed by atoms with van der Waals surface area (Å²) in [4.78, 5) is 9.68. The van der Waals surface area contributed by atoms with E-state index < -0.39 is 0 Å². The molecule has 6 heteroatoms. The topological polar surface area (TPSA) is 66.6 Å². The summed E-state index contributed by atoms with van der Waals surface area (Å²) in [7, 11) is 0. The lowest BCUT2D eigenvalue weighted by Gasteiger charge is -2.08. The van der Waals surface area contributed by atoms with Gasteiger partial charge < -0.3 is 8.98 Å². The number of thiophene rings is 1. The number of benzene rings is 8. The Morgan fingerprint density at radius 3 is 1.91 bits per heavy atom. The Morgan fingerprint density at radius 2 is 1.16 bits per heavy atom. The predicted molar refractivity (Wildman–Crippen MR) is 240 cm³/mol. The third-order valence-electron chi connectivity index (χ3n) is 10.8. The second kappa shape index (κ2) is 13.4. The largest absolute Gasteiger partial charge is 0.455 e. The summed E-state index contributed by atoms with van der Waals surface area (Å²) in [5.41, 5.74) is 9.56. The van der Waals surface area contributed by atoms with Crippen molar-refractivity contribution in [2.45, 2.75) is 0 Å². The molecule has 0 radical (unpaired) electrons. The predicted octanol–water partition coefficient (Wildman–Crippen LogP) is 13.6. The molecule has 8 aromatic carbocycles. The van der Waals surface area contributed by atoms with Gasteiger partial charge in [-0.1, -0.05) is 152 Å². The molecule has 0 unspecified atom stereocenters. The maximum Gasteiger partial charge on any atom is 0.165 e. The fourth-order valence-corrected chi connectivity index (χ4v) is 9.41. The van der Waals surface area contributed by atoms with E-state index in [9.17, 15) is 0 Å². The van der Waals surface area contributed by atoms with Gasteiger partial charge in [0.05, 0.1) is 16.6 Å². The highest BCUT2D eigenvalue weighted by Crippen LogP contribution is 2.45. The summed E-state index contributed by atoms with van der Waals surface area (Å²) in [6.45, 7) is 0. The van der Waals surface area contributed by atoms with E-state index in [0.29, 0.717) is 17.0 Å². The number of amidine groups is 2. The lowest BCUT2D eigenvalue weighted by atomic mass is 10.00. The quantitative estimate of drug-likeness (QED) is 0.138. The van der Waals surface area contributed by atoms with Crippen LogP contribution in [0.2, 0.25) is 0 Å². The molecule has 0 spiro atoms. The van der Waals surface area contributed by atoms with Crippen molar-refractivity contribution in [1.29, 1.82) is 5.41 Å². The molecule has 0 saturated heterocycles. The molecule has 0 aliphatic carbocycles. The average Bonchev–Trinajstić information content (AvgIpc) is 3.95. The molecular formula is C51H32N4OS. The number of aromatic nitrogens is 1. The standard InChI is InChI=1S/C51H32N4OS/c52-50(33-16-5-2-6-17-33)54-51(53-31-32-14-3-1-4-15-32)43-25-12-21-39-38-20-11-22-40(47(38)56-48(39)43)42-24-13-23-41-37-29-28-34(30-46(37)57-49(41)42)55-44-26-9-7-18-35(44)36-19-8-10-27-45(36)55/h1-31,52H/b52-50?,53-31+,54-51-. The number of furan rings is 1. The van der Waals surface area contributed by atoms with E-state index >= 15 is 0 Å². The first-order valence-corrected chi connectivity index (χ1v) is 19.7. The molecule has 1 N–H and O–H groups in total. The Kier molecular flexibility index (Phi) is 7.76. The van der Waals surface area contributed by atoms with Crippen molar-refractivity contribution in [1.82, 2.24) is 4.57 Å². The summed E-state index contributed by atoms with van der Waals surface area (Å²) in [5.74, 6) is 0.534. The molecule has 0 amide bonds. The maximum atomic E-state index is 8.91. The van der Waals surface area contributed by atoms with Crippen molar-refractivity contribution in [3.63, 3.8) is 0 Å². The molecule has 0 aliphatic rings. The number of aliphatic imine (C=N–C) groups is 2. The number of nitrogens with zero attached hydrogens (tertiary/aromatic N) is 3. The molecule has 3 aromatic heterocycles. The third kappa shape index (κ3) is 5.49. The Morgan fingerprint density at radius 1 is 0.544 bits per heavy atom. The van der Waals surface area contributed by atoms with Crippen LogP contribution in [0.25, 0.3) is 80.7 Å². The Bertz CT molecular complexity index is 3370. The van der Waals surface area contributed by atoms with Gasteiger partial charge in [0.25, 0.3) is 0 Å². The first-order chi connectivity index (χ1) is 28.2. The van der Waals surface area contributed by atoms with Gasteiger partial charge in [-0.05, 0) is 35.9 Å². The molecule has 0 fully saturated rings. The minimum atomic E-state index is 0.127. The van der Waals surface area contributed by atoms with Crippen LogP contribution in [0.5, 0.6) is 0 Å². The van der Waals surface area contributed by atoms with Crippen molar-refractivity contribution >= 4 is 93.1 Å². The second-order valence-electron chi connectivity index (χ2n) is 14.1. The number of nitrogens with one attached hydrogen (secondary N) is 1. The van der Waals surface area contributed by atoms with Crippen LogP contribution in [-0.4, -0.2) is 22.5 Å². The molecule has 268 valence electrons. The van der Waals surface area contributed by atoms with Crippen molar-refractivity contribution < 1.29 is 4.42 Å². The highest BCUT2D eigenvalue weighted by molar-refractivity contribution is 7.26. The van der Waals surface area contributed by atoms with Crippen LogP contribution in [0.4, 0.5) is 0 Å². The molecule has 3 heterocycles. The van der Waals surface area contributed by atoms with Crippen molar-refractivity contribution in [3.8, 4) is 16.8 Å². The molecule has 5 nitrogen and oxygen atoms in total. The lowest BCUT2D eigenvalue weighted by molar-refractivity contribution is 0.669. The molecule has 11 aromatic rings. The number of para-hydroxylation sites is 4. The molecule has 0 aliphatic heterocycles. The van der Waals surface area contributed by atoms with E-state index in [2.05, 4.69) is 114 Å². The fraction of sp³-hybridized carbons (Fsp3) is 0. The van der Waals surface area contributed by atoms with Crippen LogP contribution in [-0.2, 0) is 0 Å². The maximum absolute atomic E-state index is 8.91. The number of hydrogen-bond donors (Lipinski definition) is 1. The molecule has 0 atom stereocenters. The van der Waals surface area contributed by atoms with Crippen molar-refractivity contribution in [3.05, 3.63) is 199 Å². The van der Waals surface area contributed by atoms with Crippen LogP contribution in [0.3, 0.4) is 0 Å². The van der Waals surface area contributed by atoms with E-state index in [1.807, 2.05) is 84.1 Å². The van der Waals surface area contributed by atoms with Crippen molar-refractivity contribution in [2.75, 3.05) is 0 Å². The number of hydrogen-bond acceptors (Lipinski definition) is 3. The normalized spacial score (nSPS) is 12.3. The zero-order valence-electron chi connectivity index (χ0n) is 30.6. The van der Waals surface area contributed by atoms with E-state index in [-0.39, 0.29) is 5.84 Å². The van der Waals surface area contributed by atoms with Gasteiger partial charge in [-0.25, -0.2) is 9.98 Å². The number of fused-ring (bicyclic) bond motifs is 9. The zero-order chi connectivity index (χ0) is 37.9. The number of rotatable bonds is 5. The summed E-state index contributed by atoms with van der Waals surface area (Å²) in [6, 6.07) is 62.7. The van der Waals surface area contributed by atoms with Crippen LogP contribution in [0.15, 0.2) is 196 Å². The van der Waals surface area contributed by atoms with E-state index in [0.717, 1.165) is 44.3 Å². The van der Waals surface area contributed by atoms with E-state index in [1.54, 1.807) is 6.21 Å². The Balaban J connectivity index is 1.07. The van der Waals surface area contributed by atoms with Crippen molar-refractivity contribution in [2.24, 2.45) is 9.98 Å². The molecule has 57 heavy (non-hydrogen) atoms. The second-order valence-corrected chi connectivity index (χ2v) is 15.2. The Hall–Kier alpha value is -7.41. The average molecular weight is 749 g/mol. The van der Waals surface area contributed by atoms with Gasteiger partial charge in [0.2, 0.25) is 0 Å². The van der Waals surface area contributed by atoms with Crippen LogP contribution in [0, 0.1) is 5.41 Å². The highest BCUT2D eigenvalue weighted by Gasteiger charge is 2.20. The first kappa shape index (κ1) is 33.0. The van der Waals surface area contributed by atoms with Crippen LogP contribution in [0.1, 0.15) is 16.7 Å². The monoisotopic (exact) mass is 748 g/mol. The first-order valence-electron chi connectivity index (χ1n) is 18.9. The molecule has 0 bridgehead atoms.